The van der Waals surface area contributed by atoms with Crippen LogP contribution in [0.2, 0.25) is 0 Å². The van der Waals surface area contributed by atoms with Crippen molar-refractivity contribution in [2.24, 2.45) is 0 Å². The molecular weight excluding hydrogens is 465 g/mol. The number of alkyl halides is 3. The molecule has 0 spiro atoms. The van der Waals surface area contributed by atoms with Crippen LogP contribution in [0.25, 0.3) is 22.4 Å². The van der Waals surface area contributed by atoms with Crippen molar-refractivity contribution in [2.45, 2.75) is 12.7 Å². The van der Waals surface area contributed by atoms with Crippen LogP contribution in [0.15, 0.2) is 71.8 Å². The van der Waals surface area contributed by atoms with E-state index >= 15 is 0 Å². The summed E-state index contributed by atoms with van der Waals surface area (Å²) < 4.78 is 48.5. The molecule has 3 aromatic heterocycles. The van der Waals surface area contributed by atoms with Gasteiger partial charge >= 0.3 is 11.9 Å². The Bertz CT molecular complexity index is 1620. The molecule has 2 aromatic carbocycles. The van der Waals surface area contributed by atoms with Gasteiger partial charge in [-0.3, -0.25) is 4.79 Å². The highest BCUT2D eigenvalue weighted by molar-refractivity contribution is 5.91. The second kappa shape index (κ2) is 8.31. The minimum Gasteiger partial charge on any atom is -0.497 e. The van der Waals surface area contributed by atoms with Crippen LogP contribution < -0.4 is 15.7 Å². The number of methoxy groups -OCH3 is 1. The van der Waals surface area contributed by atoms with E-state index in [-0.39, 0.29) is 5.65 Å². The Morgan fingerprint density at radius 3 is 2.51 bits per heavy atom. The molecular formula is C23H17F3N6O3. The van der Waals surface area contributed by atoms with Crippen LogP contribution in [0.4, 0.5) is 18.9 Å². The number of ether oxygens (including phenoxy) is 1. The van der Waals surface area contributed by atoms with Gasteiger partial charge in [0.05, 0.1) is 24.1 Å². The molecule has 0 radical (unpaired) electrons. The molecule has 1 amide bonds. The van der Waals surface area contributed by atoms with Gasteiger partial charge in [-0.25, -0.2) is 18.4 Å². The number of nitrogens with zero attached hydrogens (tertiary/aromatic N) is 5. The van der Waals surface area contributed by atoms with Gasteiger partial charge in [-0.2, -0.15) is 18.3 Å². The highest BCUT2D eigenvalue weighted by Crippen LogP contribution is 2.34. The SMILES string of the molecule is COc1ccc(-c2cc3c4nn(CC(=O)Nc5ccccc5C(F)(F)F)c(=O)n4ccn3n2)cc1. The summed E-state index contributed by atoms with van der Waals surface area (Å²) in [5.41, 5.74) is 0.201. The summed E-state index contributed by atoms with van der Waals surface area (Å²) in [6.45, 7) is -0.571. The first-order valence-electron chi connectivity index (χ1n) is 10.3. The number of aromatic nitrogens is 5. The third-order valence-corrected chi connectivity index (χ3v) is 5.38. The van der Waals surface area contributed by atoms with Crippen LogP contribution in [0.1, 0.15) is 5.56 Å². The Kier molecular flexibility index (Phi) is 5.27. The molecule has 0 bridgehead atoms. The van der Waals surface area contributed by atoms with Crippen molar-refractivity contribution in [2.75, 3.05) is 12.4 Å². The Labute approximate surface area is 195 Å². The molecule has 0 atom stereocenters. The summed E-state index contributed by atoms with van der Waals surface area (Å²) in [6, 6.07) is 13.6. The number of fused-ring (bicyclic) bond motifs is 3. The molecule has 0 unspecified atom stereocenters. The molecule has 5 rings (SSSR count). The lowest BCUT2D eigenvalue weighted by Gasteiger charge is -2.13. The van der Waals surface area contributed by atoms with Gasteiger partial charge in [0.15, 0.2) is 5.65 Å². The number of amides is 1. The van der Waals surface area contributed by atoms with Gasteiger partial charge in [0.1, 0.15) is 17.8 Å². The monoisotopic (exact) mass is 482 g/mol. The maximum absolute atomic E-state index is 13.2. The first-order valence-corrected chi connectivity index (χ1v) is 10.3. The van der Waals surface area contributed by atoms with Crippen LogP contribution in [-0.4, -0.2) is 36.8 Å². The van der Waals surface area contributed by atoms with Gasteiger partial charge in [-0.1, -0.05) is 12.1 Å². The zero-order valence-corrected chi connectivity index (χ0v) is 18.2. The Morgan fingerprint density at radius 1 is 1.06 bits per heavy atom. The van der Waals surface area contributed by atoms with Crippen LogP contribution in [-0.2, 0) is 17.5 Å². The lowest BCUT2D eigenvalue weighted by atomic mass is 10.1. The molecule has 178 valence electrons. The molecule has 0 aliphatic carbocycles. The third-order valence-electron chi connectivity index (χ3n) is 5.38. The number of benzene rings is 2. The molecule has 0 aliphatic heterocycles. The number of carbonyl (C=O) groups is 1. The summed E-state index contributed by atoms with van der Waals surface area (Å²) >= 11 is 0. The zero-order valence-electron chi connectivity index (χ0n) is 18.2. The second-order valence-corrected chi connectivity index (χ2v) is 7.61. The predicted octanol–water partition coefficient (Wildman–Crippen LogP) is 3.48. The highest BCUT2D eigenvalue weighted by Gasteiger charge is 2.33. The quantitative estimate of drug-likeness (QED) is 0.414. The van der Waals surface area contributed by atoms with Crippen LogP contribution in [0.3, 0.4) is 0 Å². The van der Waals surface area contributed by atoms with Crippen molar-refractivity contribution in [1.29, 1.82) is 0 Å². The van der Waals surface area contributed by atoms with E-state index < -0.39 is 35.6 Å². The average molecular weight is 482 g/mol. The number of para-hydroxylation sites is 1. The van der Waals surface area contributed by atoms with Gasteiger partial charge in [0.25, 0.3) is 0 Å². The van der Waals surface area contributed by atoms with E-state index in [0.29, 0.717) is 17.0 Å². The predicted molar refractivity (Wildman–Crippen MR) is 120 cm³/mol. The Hall–Kier alpha value is -4.61. The molecule has 5 aromatic rings. The van der Waals surface area contributed by atoms with Gasteiger partial charge < -0.3 is 10.1 Å². The van der Waals surface area contributed by atoms with Gasteiger partial charge in [-0.15, -0.1) is 5.10 Å². The fraction of sp³-hybridized carbons (Fsp3) is 0.130. The summed E-state index contributed by atoms with van der Waals surface area (Å²) in [6.07, 6.45) is -1.61. The summed E-state index contributed by atoms with van der Waals surface area (Å²) in [7, 11) is 1.57. The number of nitrogens with one attached hydrogen (secondary N) is 1. The van der Waals surface area contributed by atoms with Gasteiger partial charge in [-0.05, 0) is 42.5 Å². The molecule has 0 saturated carbocycles. The molecule has 12 heteroatoms. The zero-order chi connectivity index (χ0) is 24.7. The molecule has 35 heavy (non-hydrogen) atoms. The number of anilines is 1. The smallest absolute Gasteiger partial charge is 0.418 e. The lowest BCUT2D eigenvalue weighted by molar-refractivity contribution is -0.137. The van der Waals surface area contributed by atoms with Crippen molar-refractivity contribution >= 4 is 22.8 Å². The van der Waals surface area contributed by atoms with Crippen molar-refractivity contribution in [1.82, 2.24) is 23.8 Å². The topological polar surface area (TPSA) is 94.9 Å². The summed E-state index contributed by atoms with van der Waals surface area (Å²) in [4.78, 5) is 25.3. The minimum atomic E-state index is -4.64. The lowest BCUT2D eigenvalue weighted by Crippen LogP contribution is -2.28. The molecule has 9 nitrogen and oxygen atoms in total. The molecule has 0 aliphatic rings. The van der Waals surface area contributed by atoms with Crippen molar-refractivity contribution < 1.29 is 22.7 Å². The van der Waals surface area contributed by atoms with E-state index in [9.17, 15) is 22.8 Å². The maximum atomic E-state index is 13.2. The van der Waals surface area contributed by atoms with Crippen LogP contribution >= 0.6 is 0 Å². The van der Waals surface area contributed by atoms with Gasteiger partial charge in [0, 0.05) is 18.0 Å². The molecule has 3 heterocycles. The molecule has 0 fully saturated rings. The first-order chi connectivity index (χ1) is 16.7. The van der Waals surface area contributed by atoms with Crippen molar-refractivity contribution in [3.8, 4) is 17.0 Å². The maximum Gasteiger partial charge on any atom is 0.418 e. The Balaban J connectivity index is 1.46. The normalized spacial score (nSPS) is 11.8. The van der Waals surface area contributed by atoms with E-state index in [1.165, 1.54) is 22.7 Å². The summed E-state index contributed by atoms with van der Waals surface area (Å²) in [5, 5.41) is 10.9. The number of hydrogen-bond donors (Lipinski definition) is 1. The summed E-state index contributed by atoms with van der Waals surface area (Å²) in [5.74, 6) is -0.128. The number of halogens is 3. The average Bonchev–Trinajstić information content (AvgIpc) is 3.40. The molecule has 0 saturated heterocycles. The minimum absolute atomic E-state index is 0.244. The second-order valence-electron chi connectivity index (χ2n) is 7.61. The standard InChI is InChI=1S/C23H17F3N6O3/c1-35-15-8-6-14(7-9-15)18-12-19-21-29-32(22(34)30(21)10-11-31(19)28-18)13-20(33)27-17-5-3-2-4-16(17)23(24,25)26/h2-12H,13H2,1H3,(H,27,33). The van der Waals surface area contributed by atoms with Crippen molar-refractivity contribution in [3.05, 3.63) is 83.0 Å². The fourth-order valence-corrected chi connectivity index (χ4v) is 3.71. The van der Waals surface area contributed by atoms with E-state index in [4.69, 9.17) is 4.74 Å². The van der Waals surface area contributed by atoms with E-state index in [2.05, 4.69) is 15.5 Å². The fourth-order valence-electron chi connectivity index (χ4n) is 3.71. The highest BCUT2D eigenvalue weighted by atomic mass is 19.4. The van der Waals surface area contributed by atoms with Crippen molar-refractivity contribution in [3.63, 3.8) is 0 Å². The molecule has 1 N–H and O–H groups in total. The number of carbonyl (C=O) groups excluding carboxylic acids is 1. The first kappa shape index (κ1) is 22.2. The van der Waals surface area contributed by atoms with E-state index in [0.717, 1.165) is 22.4 Å². The third kappa shape index (κ3) is 4.09. The largest absolute Gasteiger partial charge is 0.497 e. The van der Waals surface area contributed by atoms with E-state index in [1.54, 1.807) is 36.0 Å². The van der Waals surface area contributed by atoms with Crippen LogP contribution in [0, 0.1) is 0 Å². The number of rotatable bonds is 5. The van der Waals surface area contributed by atoms with E-state index in [1.807, 2.05) is 12.1 Å². The Morgan fingerprint density at radius 2 is 1.80 bits per heavy atom. The van der Waals surface area contributed by atoms with Gasteiger partial charge in [0.2, 0.25) is 5.91 Å². The number of hydrogen-bond acceptors (Lipinski definition) is 5. The van der Waals surface area contributed by atoms with Crippen LogP contribution in [0.5, 0.6) is 5.75 Å².